The molecule has 0 radical (unpaired) electrons. The molecule has 1 fully saturated rings. The number of ether oxygens (including phenoxy) is 2. The van der Waals surface area contributed by atoms with Crippen molar-refractivity contribution in [3.05, 3.63) is 24.3 Å². The van der Waals surface area contributed by atoms with E-state index in [4.69, 9.17) is 9.47 Å². The Morgan fingerprint density at radius 1 is 1.08 bits per heavy atom. The lowest BCUT2D eigenvalue weighted by molar-refractivity contribution is -0.140. The van der Waals surface area contributed by atoms with Crippen LogP contribution < -0.4 is 9.47 Å². The zero-order valence-corrected chi connectivity index (χ0v) is 15.1. The van der Waals surface area contributed by atoms with E-state index in [9.17, 15) is 4.79 Å². The molecule has 0 N–H and O–H groups in total. The molecular formula is C22H26O3. The summed E-state index contributed by atoms with van der Waals surface area (Å²) in [6, 6.07) is 6.93. The molecule has 0 aliphatic heterocycles. The molecule has 0 unspecified atom stereocenters. The summed E-state index contributed by atoms with van der Waals surface area (Å²) in [5.74, 6) is 9.70. The molecule has 3 heteroatoms. The Morgan fingerprint density at radius 2 is 1.76 bits per heavy atom. The predicted octanol–water partition coefficient (Wildman–Crippen LogP) is 4.95. The van der Waals surface area contributed by atoms with Crippen LogP contribution in [0.15, 0.2) is 24.3 Å². The SMILES string of the molecule is CC#CC#COc1ccc(OC(=O)C2CCC(CCCC)CC2)cc1. The van der Waals surface area contributed by atoms with E-state index in [1.807, 2.05) is 0 Å². The Hall–Kier alpha value is -2.39. The van der Waals surface area contributed by atoms with E-state index in [-0.39, 0.29) is 11.9 Å². The maximum Gasteiger partial charge on any atom is 0.314 e. The Labute approximate surface area is 151 Å². The molecule has 1 aliphatic rings. The smallest absolute Gasteiger partial charge is 0.314 e. The van der Waals surface area contributed by atoms with Crippen LogP contribution in [0.3, 0.4) is 0 Å². The fraction of sp³-hybridized carbons (Fsp3) is 0.500. The molecule has 0 heterocycles. The number of rotatable bonds is 6. The van der Waals surface area contributed by atoms with E-state index in [2.05, 4.69) is 30.8 Å². The van der Waals surface area contributed by atoms with E-state index in [0.717, 1.165) is 31.6 Å². The van der Waals surface area contributed by atoms with Crippen LogP contribution in [-0.2, 0) is 4.79 Å². The quantitative estimate of drug-likeness (QED) is 0.418. The van der Waals surface area contributed by atoms with Gasteiger partial charge in [-0.3, -0.25) is 4.79 Å². The summed E-state index contributed by atoms with van der Waals surface area (Å²) >= 11 is 0. The molecule has 0 bridgehead atoms. The molecule has 132 valence electrons. The van der Waals surface area contributed by atoms with Gasteiger partial charge < -0.3 is 9.47 Å². The first-order valence-electron chi connectivity index (χ1n) is 9.13. The maximum atomic E-state index is 12.3. The molecule has 2 rings (SSSR count). The van der Waals surface area contributed by atoms with Crippen LogP contribution in [-0.4, -0.2) is 5.97 Å². The van der Waals surface area contributed by atoms with E-state index < -0.39 is 0 Å². The lowest BCUT2D eigenvalue weighted by Gasteiger charge is -2.27. The van der Waals surface area contributed by atoms with Crippen molar-refractivity contribution in [3.63, 3.8) is 0 Å². The molecular weight excluding hydrogens is 312 g/mol. The summed E-state index contributed by atoms with van der Waals surface area (Å²) in [6.45, 7) is 3.95. The number of hydrogen-bond acceptors (Lipinski definition) is 3. The Kier molecular flexibility index (Phi) is 7.93. The topological polar surface area (TPSA) is 35.5 Å². The molecule has 1 aliphatic carbocycles. The zero-order valence-electron chi connectivity index (χ0n) is 15.1. The normalized spacial score (nSPS) is 19.0. The summed E-state index contributed by atoms with van der Waals surface area (Å²) < 4.78 is 10.7. The maximum absolute atomic E-state index is 12.3. The van der Waals surface area contributed by atoms with Crippen LogP contribution in [0.1, 0.15) is 58.8 Å². The third-order valence-corrected chi connectivity index (χ3v) is 4.60. The van der Waals surface area contributed by atoms with Gasteiger partial charge in [-0.05, 0) is 68.7 Å². The molecule has 0 atom stereocenters. The van der Waals surface area contributed by atoms with E-state index in [0.29, 0.717) is 11.5 Å². The van der Waals surface area contributed by atoms with Gasteiger partial charge in [0.2, 0.25) is 0 Å². The van der Waals surface area contributed by atoms with Gasteiger partial charge in [0, 0.05) is 5.92 Å². The van der Waals surface area contributed by atoms with E-state index >= 15 is 0 Å². The number of benzene rings is 1. The van der Waals surface area contributed by atoms with Crippen LogP contribution in [0.4, 0.5) is 0 Å². The standard InChI is InChI=1S/C22H26O3/c1-3-5-7-17-24-20-13-15-21(16-14-20)25-22(23)19-11-9-18(10-12-19)8-6-4-2/h13-16,18-19H,4,6,8-12H2,1-2H3. The van der Waals surface area contributed by atoms with Gasteiger partial charge in [0.05, 0.1) is 5.92 Å². The van der Waals surface area contributed by atoms with Crippen molar-refractivity contribution < 1.29 is 14.3 Å². The van der Waals surface area contributed by atoms with Gasteiger partial charge in [-0.2, -0.15) is 0 Å². The first kappa shape index (κ1) is 18.9. The van der Waals surface area contributed by atoms with Crippen LogP contribution in [0.25, 0.3) is 0 Å². The van der Waals surface area contributed by atoms with Gasteiger partial charge in [0.1, 0.15) is 17.6 Å². The van der Waals surface area contributed by atoms with Gasteiger partial charge >= 0.3 is 5.97 Å². The lowest BCUT2D eigenvalue weighted by Crippen LogP contribution is -2.25. The highest BCUT2D eigenvalue weighted by atomic mass is 16.5. The fourth-order valence-electron chi connectivity index (χ4n) is 3.13. The monoisotopic (exact) mass is 338 g/mol. The van der Waals surface area contributed by atoms with Crippen molar-refractivity contribution in [1.29, 1.82) is 0 Å². The summed E-state index contributed by atoms with van der Waals surface area (Å²) in [5.41, 5.74) is 0. The highest BCUT2D eigenvalue weighted by Crippen LogP contribution is 2.33. The minimum absolute atomic E-state index is 0.0345. The number of hydrogen-bond donors (Lipinski definition) is 0. The van der Waals surface area contributed by atoms with Gasteiger partial charge in [-0.15, -0.1) is 0 Å². The molecule has 0 saturated heterocycles. The average molecular weight is 338 g/mol. The molecule has 25 heavy (non-hydrogen) atoms. The van der Waals surface area contributed by atoms with Crippen molar-refractivity contribution >= 4 is 5.97 Å². The molecule has 1 aromatic carbocycles. The van der Waals surface area contributed by atoms with Crippen molar-refractivity contribution in [2.75, 3.05) is 0 Å². The number of carbonyl (C=O) groups is 1. The zero-order chi connectivity index (χ0) is 17.9. The van der Waals surface area contributed by atoms with Crippen LogP contribution in [0, 0.1) is 35.7 Å². The number of unbranched alkanes of at least 4 members (excludes halogenated alkanes) is 1. The second-order valence-electron chi connectivity index (χ2n) is 6.46. The lowest BCUT2D eigenvalue weighted by atomic mass is 9.80. The van der Waals surface area contributed by atoms with E-state index in [1.165, 1.54) is 19.3 Å². The van der Waals surface area contributed by atoms with Crippen LogP contribution in [0.2, 0.25) is 0 Å². The van der Waals surface area contributed by atoms with Crippen LogP contribution in [0.5, 0.6) is 11.5 Å². The molecule has 0 spiro atoms. The first-order valence-corrected chi connectivity index (χ1v) is 9.13. The third-order valence-electron chi connectivity index (χ3n) is 4.60. The average Bonchev–Trinajstić information content (AvgIpc) is 2.65. The van der Waals surface area contributed by atoms with Crippen molar-refractivity contribution in [2.45, 2.75) is 58.8 Å². The van der Waals surface area contributed by atoms with Gasteiger partial charge in [-0.25, -0.2) is 0 Å². The summed E-state index contributed by atoms with van der Waals surface area (Å²) in [4.78, 5) is 12.3. The van der Waals surface area contributed by atoms with Gasteiger partial charge in [0.25, 0.3) is 0 Å². The Balaban J connectivity index is 1.79. The number of carbonyl (C=O) groups excluding carboxylic acids is 1. The Morgan fingerprint density at radius 3 is 2.40 bits per heavy atom. The van der Waals surface area contributed by atoms with Crippen molar-refractivity contribution in [1.82, 2.24) is 0 Å². The second kappa shape index (κ2) is 10.5. The molecule has 3 nitrogen and oxygen atoms in total. The highest BCUT2D eigenvalue weighted by molar-refractivity contribution is 5.75. The first-order chi connectivity index (χ1) is 12.2. The minimum atomic E-state index is -0.111. The summed E-state index contributed by atoms with van der Waals surface area (Å²) in [7, 11) is 0. The van der Waals surface area contributed by atoms with E-state index in [1.54, 1.807) is 31.2 Å². The summed E-state index contributed by atoms with van der Waals surface area (Å²) in [5, 5.41) is 0. The predicted molar refractivity (Wildman–Crippen MR) is 98.9 cm³/mol. The van der Waals surface area contributed by atoms with Crippen molar-refractivity contribution in [2.24, 2.45) is 11.8 Å². The van der Waals surface area contributed by atoms with Crippen molar-refractivity contribution in [3.8, 4) is 35.4 Å². The Bertz CT molecular complexity index is 659. The van der Waals surface area contributed by atoms with Crippen LogP contribution >= 0.6 is 0 Å². The molecule has 0 aromatic heterocycles. The fourth-order valence-corrected chi connectivity index (χ4v) is 3.13. The largest absolute Gasteiger partial charge is 0.426 e. The highest BCUT2D eigenvalue weighted by Gasteiger charge is 2.27. The molecule has 0 amide bonds. The molecule has 1 aromatic rings. The third kappa shape index (κ3) is 6.55. The second-order valence-corrected chi connectivity index (χ2v) is 6.46. The summed E-state index contributed by atoms with van der Waals surface area (Å²) in [6.07, 6.45) is 10.5. The van der Waals surface area contributed by atoms with Gasteiger partial charge in [0.15, 0.2) is 0 Å². The minimum Gasteiger partial charge on any atom is -0.426 e. The molecule has 1 saturated carbocycles. The number of esters is 1. The van der Waals surface area contributed by atoms with Gasteiger partial charge in [-0.1, -0.05) is 32.1 Å².